The van der Waals surface area contributed by atoms with Gasteiger partial charge in [0, 0.05) is 32.9 Å². The van der Waals surface area contributed by atoms with E-state index < -0.39 is 16.1 Å². The summed E-state index contributed by atoms with van der Waals surface area (Å²) in [6.07, 6.45) is 3.41. The van der Waals surface area contributed by atoms with Crippen LogP contribution in [0.4, 0.5) is 0 Å². The Hall–Kier alpha value is -1.94. The maximum Gasteiger partial charge on any atom is 0.242 e. The number of halogens is 1. The summed E-state index contributed by atoms with van der Waals surface area (Å²) >= 11 is 0. The Labute approximate surface area is 166 Å². The van der Waals surface area contributed by atoms with E-state index >= 15 is 0 Å². The number of rotatable bonds is 7. The van der Waals surface area contributed by atoms with Crippen LogP contribution in [0.15, 0.2) is 41.6 Å². The lowest BCUT2D eigenvalue weighted by molar-refractivity contribution is -0.123. The average molecular weight is 416 g/mol. The van der Waals surface area contributed by atoms with Crippen molar-refractivity contribution in [2.45, 2.75) is 23.9 Å². The summed E-state index contributed by atoms with van der Waals surface area (Å²) in [6.45, 7) is 1.81. The van der Waals surface area contributed by atoms with Gasteiger partial charge in [0.2, 0.25) is 15.9 Å². The van der Waals surface area contributed by atoms with Crippen LogP contribution in [0.25, 0.3) is 0 Å². The molecular formula is C17H26ClN5O3S. The molecule has 8 nitrogen and oxygen atoms in total. The Morgan fingerprint density at radius 3 is 2.44 bits per heavy atom. The van der Waals surface area contributed by atoms with Gasteiger partial charge in [-0.25, -0.2) is 12.7 Å². The molecule has 0 spiro atoms. The van der Waals surface area contributed by atoms with Gasteiger partial charge >= 0.3 is 0 Å². The maximum absolute atomic E-state index is 12.6. The largest absolute Gasteiger partial charge is 0.348 e. The molecule has 0 aliphatic rings. The summed E-state index contributed by atoms with van der Waals surface area (Å²) in [6, 6.07) is 5.69. The van der Waals surface area contributed by atoms with Crippen LogP contribution in [0.5, 0.6) is 0 Å². The molecule has 2 N–H and O–H groups in total. The van der Waals surface area contributed by atoms with Gasteiger partial charge in [-0.15, -0.1) is 12.4 Å². The number of carbonyl (C=O) groups is 1. The molecule has 2 atom stereocenters. The SMILES string of the molecule is CNC(C(=O)NC(C)c1cccc(S(=O)(=O)N(C)C)c1)c1cnn(C)c1.Cl. The molecule has 0 radical (unpaired) electrons. The number of nitrogens with one attached hydrogen (secondary N) is 2. The molecule has 1 aromatic carbocycles. The number of hydrogen-bond donors (Lipinski definition) is 2. The van der Waals surface area contributed by atoms with E-state index in [0.717, 1.165) is 9.87 Å². The van der Waals surface area contributed by atoms with E-state index in [1.165, 1.54) is 14.1 Å². The van der Waals surface area contributed by atoms with Crippen molar-refractivity contribution in [1.29, 1.82) is 0 Å². The van der Waals surface area contributed by atoms with E-state index in [0.29, 0.717) is 5.56 Å². The molecule has 1 heterocycles. The highest BCUT2D eigenvalue weighted by atomic mass is 35.5. The standard InChI is InChI=1S/C17H25N5O3S.ClH/c1-12(13-7-6-8-15(9-13)26(24,25)21(3)4)20-17(23)16(18-2)14-10-19-22(5)11-14;/h6-12,16,18H,1-5H3,(H,20,23);1H. The molecule has 0 aliphatic heterocycles. The fourth-order valence-corrected chi connectivity index (χ4v) is 3.53. The first kappa shape index (κ1) is 23.1. The van der Waals surface area contributed by atoms with E-state index in [9.17, 15) is 13.2 Å². The summed E-state index contributed by atoms with van der Waals surface area (Å²) in [5, 5.41) is 9.97. The van der Waals surface area contributed by atoms with E-state index in [1.54, 1.807) is 55.4 Å². The molecule has 2 aromatic rings. The first-order chi connectivity index (χ1) is 12.2. The van der Waals surface area contributed by atoms with Gasteiger partial charge in [-0.2, -0.15) is 5.10 Å². The van der Waals surface area contributed by atoms with Crippen LogP contribution in [0.2, 0.25) is 0 Å². The smallest absolute Gasteiger partial charge is 0.242 e. The minimum absolute atomic E-state index is 0. The summed E-state index contributed by atoms with van der Waals surface area (Å²) in [4.78, 5) is 12.8. The number of benzene rings is 1. The van der Waals surface area contributed by atoms with Crippen LogP contribution in [0.3, 0.4) is 0 Å². The third-order valence-electron chi connectivity index (χ3n) is 4.10. The van der Waals surface area contributed by atoms with Crippen molar-refractivity contribution in [3.05, 3.63) is 47.8 Å². The third-order valence-corrected chi connectivity index (χ3v) is 5.92. The van der Waals surface area contributed by atoms with Gasteiger partial charge in [-0.3, -0.25) is 9.48 Å². The van der Waals surface area contributed by atoms with Gasteiger partial charge in [0.1, 0.15) is 6.04 Å². The summed E-state index contributed by atoms with van der Waals surface area (Å²) in [5.74, 6) is -0.214. The van der Waals surface area contributed by atoms with Crippen LogP contribution < -0.4 is 10.6 Å². The van der Waals surface area contributed by atoms with Crippen LogP contribution in [0.1, 0.15) is 30.1 Å². The van der Waals surface area contributed by atoms with Gasteiger partial charge in [-0.05, 0) is 31.7 Å². The van der Waals surface area contributed by atoms with Crippen LogP contribution >= 0.6 is 12.4 Å². The van der Waals surface area contributed by atoms with Crippen LogP contribution in [-0.2, 0) is 21.9 Å². The first-order valence-electron chi connectivity index (χ1n) is 8.15. The molecule has 0 fully saturated rings. The van der Waals surface area contributed by atoms with E-state index in [1.807, 2.05) is 6.92 Å². The van der Waals surface area contributed by atoms with E-state index in [4.69, 9.17) is 0 Å². The van der Waals surface area contributed by atoms with E-state index in [-0.39, 0.29) is 29.3 Å². The number of hydrogen-bond acceptors (Lipinski definition) is 5. The van der Waals surface area contributed by atoms with E-state index in [2.05, 4.69) is 15.7 Å². The lowest BCUT2D eigenvalue weighted by Gasteiger charge is -2.20. The molecule has 10 heteroatoms. The Morgan fingerprint density at radius 2 is 1.93 bits per heavy atom. The van der Waals surface area contributed by atoms with Crippen LogP contribution in [-0.4, -0.2) is 49.6 Å². The fourth-order valence-electron chi connectivity index (χ4n) is 2.57. The monoisotopic (exact) mass is 415 g/mol. The minimum Gasteiger partial charge on any atom is -0.348 e. The van der Waals surface area contributed by atoms with Gasteiger partial charge < -0.3 is 10.6 Å². The van der Waals surface area contributed by atoms with Crippen molar-refractivity contribution in [2.75, 3.05) is 21.1 Å². The normalized spacial score (nSPS) is 13.7. The molecular weight excluding hydrogens is 390 g/mol. The second-order valence-corrected chi connectivity index (χ2v) is 8.41. The predicted octanol–water partition coefficient (Wildman–Crippen LogP) is 1.23. The van der Waals surface area contributed by atoms with Crippen molar-refractivity contribution >= 4 is 28.3 Å². The molecule has 0 saturated heterocycles. The molecule has 1 aromatic heterocycles. The van der Waals surface area contributed by atoms with Gasteiger partial charge in [0.25, 0.3) is 0 Å². The molecule has 150 valence electrons. The lowest BCUT2D eigenvalue weighted by atomic mass is 10.1. The second-order valence-electron chi connectivity index (χ2n) is 6.26. The number of aromatic nitrogens is 2. The number of likely N-dealkylation sites (N-methyl/N-ethyl adjacent to an activating group) is 1. The van der Waals surface area contributed by atoms with Crippen molar-refractivity contribution in [1.82, 2.24) is 24.7 Å². The first-order valence-corrected chi connectivity index (χ1v) is 9.59. The topological polar surface area (TPSA) is 96.3 Å². The van der Waals surface area contributed by atoms with Gasteiger partial charge in [0.15, 0.2) is 0 Å². The van der Waals surface area contributed by atoms with Crippen molar-refractivity contribution in [3.63, 3.8) is 0 Å². The molecule has 2 rings (SSSR count). The second kappa shape index (κ2) is 9.32. The van der Waals surface area contributed by atoms with Crippen LogP contribution in [0, 0.1) is 0 Å². The number of nitrogens with zero attached hydrogens (tertiary/aromatic N) is 3. The highest BCUT2D eigenvalue weighted by molar-refractivity contribution is 7.89. The quantitative estimate of drug-likeness (QED) is 0.709. The third kappa shape index (κ3) is 5.29. The fraction of sp³-hybridized carbons (Fsp3) is 0.412. The Morgan fingerprint density at radius 1 is 1.26 bits per heavy atom. The van der Waals surface area contributed by atoms with Crippen molar-refractivity contribution in [3.8, 4) is 0 Å². The van der Waals surface area contributed by atoms with Gasteiger partial charge in [-0.1, -0.05) is 12.1 Å². The number of sulfonamides is 1. The molecule has 0 bridgehead atoms. The highest BCUT2D eigenvalue weighted by Crippen LogP contribution is 2.20. The zero-order chi connectivity index (χ0) is 19.5. The Kier molecular flexibility index (Phi) is 7.97. The number of aryl methyl sites for hydroxylation is 1. The van der Waals surface area contributed by atoms with Crippen molar-refractivity contribution in [2.24, 2.45) is 7.05 Å². The predicted molar refractivity (Wildman–Crippen MR) is 106 cm³/mol. The number of carbonyl (C=O) groups excluding carboxylic acids is 1. The zero-order valence-corrected chi connectivity index (χ0v) is 17.6. The lowest BCUT2D eigenvalue weighted by Crippen LogP contribution is -2.37. The summed E-state index contributed by atoms with van der Waals surface area (Å²) in [5.41, 5.74) is 1.46. The van der Waals surface area contributed by atoms with Crippen molar-refractivity contribution < 1.29 is 13.2 Å². The summed E-state index contributed by atoms with van der Waals surface area (Å²) in [7, 11) is 2.93. The molecule has 0 aliphatic carbocycles. The Bertz CT molecular complexity index is 882. The maximum atomic E-state index is 12.6. The minimum atomic E-state index is -3.53. The molecule has 27 heavy (non-hydrogen) atoms. The zero-order valence-electron chi connectivity index (χ0n) is 16.0. The summed E-state index contributed by atoms with van der Waals surface area (Å²) < 4.78 is 27.4. The van der Waals surface area contributed by atoms with Gasteiger partial charge in [0.05, 0.1) is 17.1 Å². The molecule has 2 unspecified atom stereocenters. The Balaban J connectivity index is 0.00000364. The molecule has 1 amide bonds. The average Bonchev–Trinajstić information content (AvgIpc) is 3.01. The number of amides is 1. The highest BCUT2D eigenvalue weighted by Gasteiger charge is 2.23. The molecule has 0 saturated carbocycles.